The summed E-state index contributed by atoms with van der Waals surface area (Å²) in [6.07, 6.45) is 4.61. The topological polar surface area (TPSA) is 33.1 Å². The number of nitrogens with zero attached hydrogens (tertiary/aromatic N) is 1. The third-order valence-corrected chi connectivity index (χ3v) is 5.83. The molecule has 2 aromatic rings. The van der Waals surface area contributed by atoms with E-state index in [1.165, 1.54) is 5.56 Å². The van der Waals surface area contributed by atoms with Gasteiger partial charge in [0.25, 0.3) is 0 Å². The van der Waals surface area contributed by atoms with Crippen molar-refractivity contribution in [3.05, 3.63) is 58.9 Å². The van der Waals surface area contributed by atoms with Crippen molar-refractivity contribution in [2.24, 2.45) is 0 Å². The lowest BCUT2D eigenvalue weighted by Crippen LogP contribution is -2.18. The van der Waals surface area contributed by atoms with Gasteiger partial charge in [-0.3, -0.25) is 4.98 Å². The van der Waals surface area contributed by atoms with Gasteiger partial charge in [-0.15, -0.1) is 11.8 Å². The highest BCUT2D eigenvalue weighted by Gasteiger charge is 2.27. The first-order chi connectivity index (χ1) is 12.0. The highest BCUT2D eigenvalue weighted by atomic mass is 32.2. The van der Waals surface area contributed by atoms with Gasteiger partial charge in [-0.2, -0.15) is 0 Å². The Morgan fingerprint density at radius 3 is 1.96 bits per heavy atom. The van der Waals surface area contributed by atoms with Crippen LogP contribution in [0.5, 0.6) is 5.75 Å². The van der Waals surface area contributed by atoms with Crippen LogP contribution >= 0.6 is 24.0 Å². The quantitative estimate of drug-likeness (QED) is 0.649. The van der Waals surface area contributed by atoms with Crippen LogP contribution in [-0.4, -0.2) is 20.0 Å². The maximum Gasteiger partial charge on any atom is 0.123 e. The average molecular weight is 388 g/mol. The zero-order valence-electron chi connectivity index (χ0n) is 16.6. The number of thioether (sulfide) groups is 1. The molecule has 0 spiro atoms. The van der Waals surface area contributed by atoms with Crippen molar-refractivity contribution < 1.29 is 5.11 Å². The molecule has 0 atom stereocenters. The molecule has 0 fully saturated rings. The molecule has 0 aliphatic heterocycles. The number of hydrogen-bond acceptors (Lipinski definition) is 4. The summed E-state index contributed by atoms with van der Waals surface area (Å²) in [5, 5.41) is 10.8. The van der Waals surface area contributed by atoms with Gasteiger partial charge in [0.05, 0.1) is 4.20 Å². The van der Waals surface area contributed by atoms with Crippen LogP contribution < -0.4 is 0 Å². The number of thiocarbonyl (C=S) groups is 1. The lowest BCUT2D eigenvalue weighted by Gasteiger charge is -2.28. The van der Waals surface area contributed by atoms with Crippen molar-refractivity contribution in [2.45, 2.75) is 58.8 Å². The monoisotopic (exact) mass is 387 g/mol. The molecule has 0 aliphatic carbocycles. The Bertz CT molecular complexity index is 736. The van der Waals surface area contributed by atoms with E-state index in [1.807, 2.05) is 24.5 Å². The second kappa shape index (κ2) is 8.10. The summed E-state index contributed by atoms with van der Waals surface area (Å²) in [6, 6.07) is 8.21. The number of phenols is 1. The minimum Gasteiger partial charge on any atom is -0.507 e. The normalized spacial score (nSPS) is 12.2. The van der Waals surface area contributed by atoms with Crippen LogP contribution in [-0.2, 0) is 17.3 Å². The first-order valence-electron chi connectivity index (χ1n) is 8.94. The molecule has 1 aromatic carbocycles. The molecule has 2 nitrogen and oxygen atoms in total. The number of aromatic nitrogens is 1. The molecule has 26 heavy (non-hydrogen) atoms. The molecule has 4 heteroatoms. The largest absolute Gasteiger partial charge is 0.507 e. The molecule has 1 heterocycles. The Kier molecular flexibility index (Phi) is 6.51. The highest BCUT2D eigenvalue weighted by Crippen LogP contribution is 2.40. The Morgan fingerprint density at radius 2 is 1.50 bits per heavy atom. The van der Waals surface area contributed by atoms with Crippen molar-refractivity contribution in [3.8, 4) is 5.75 Å². The number of rotatable bonds is 4. The molecule has 1 aromatic heterocycles. The summed E-state index contributed by atoms with van der Waals surface area (Å²) >= 11 is 7.41. The van der Waals surface area contributed by atoms with Crippen molar-refractivity contribution in [1.82, 2.24) is 4.98 Å². The van der Waals surface area contributed by atoms with Crippen molar-refractivity contribution >= 4 is 28.2 Å². The minimum atomic E-state index is -0.141. The van der Waals surface area contributed by atoms with Crippen LogP contribution in [0.1, 0.15) is 63.8 Å². The SMILES string of the molecule is CC(C)(C)c1cc(C(=S)SCCc2ccncc2)cc(C(C)(C)C)c1O. The molecule has 0 aliphatic rings. The van der Waals surface area contributed by atoms with E-state index in [-0.39, 0.29) is 10.8 Å². The summed E-state index contributed by atoms with van der Waals surface area (Å²) in [6.45, 7) is 12.7. The third-order valence-electron chi connectivity index (χ3n) is 4.33. The molecule has 1 N–H and O–H groups in total. The maximum atomic E-state index is 10.8. The zero-order chi connectivity index (χ0) is 19.5. The van der Waals surface area contributed by atoms with Gasteiger partial charge in [-0.05, 0) is 52.6 Å². The molecule has 0 radical (unpaired) electrons. The maximum absolute atomic E-state index is 10.8. The highest BCUT2D eigenvalue weighted by molar-refractivity contribution is 8.23. The molecule has 0 saturated heterocycles. The first kappa shape index (κ1) is 20.9. The van der Waals surface area contributed by atoms with E-state index >= 15 is 0 Å². The third kappa shape index (κ3) is 5.31. The van der Waals surface area contributed by atoms with Crippen molar-refractivity contribution in [3.63, 3.8) is 0 Å². The smallest absolute Gasteiger partial charge is 0.123 e. The van der Waals surface area contributed by atoms with Gasteiger partial charge >= 0.3 is 0 Å². The van der Waals surface area contributed by atoms with Crippen molar-refractivity contribution in [2.75, 3.05) is 5.75 Å². The van der Waals surface area contributed by atoms with E-state index < -0.39 is 0 Å². The molecule has 2 rings (SSSR count). The van der Waals surface area contributed by atoms with E-state index in [9.17, 15) is 5.11 Å². The van der Waals surface area contributed by atoms with Crippen molar-refractivity contribution in [1.29, 1.82) is 0 Å². The van der Waals surface area contributed by atoms with Crippen LogP contribution in [0.2, 0.25) is 0 Å². The number of hydrogen-bond donors (Lipinski definition) is 1. The van der Waals surface area contributed by atoms with Gasteiger partial charge in [0.1, 0.15) is 5.75 Å². The van der Waals surface area contributed by atoms with Crippen LogP contribution in [0.4, 0.5) is 0 Å². The van der Waals surface area contributed by atoms with E-state index in [2.05, 4.69) is 58.7 Å². The summed E-state index contributed by atoms with van der Waals surface area (Å²) < 4.78 is 0.884. The van der Waals surface area contributed by atoms with E-state index in [0.717, 1.165) is 33.1 Å². The van der Waals surface area contributed by atoms with E-state index in [1.54, 1.807) is 11.8 Å². The van der Waals surface area contributed by atoms with E-state index in [4.69, 9.17) is 12.2 Å². The molecule has 0 unspecified atom stereocenters. The lowest BCUT2D eigenvalue weighted by atomic mass is 9.78. The fourth-order valence-electron chi connectivity index (χ4n) is 2.79. The zero-order valence-corrected chi connectivity index (χ0v) is 18.2. The van der Waals surface area contributed by atoms with Gasteiger partial charge in [-0.25, -0.2) is 0 Å². The lowest BCUT2D eigenvalue weighted by molar-refractivity contribution is 0.423. The van der Waals surface area contributed by atoms with Gasteiger partial charge in [0, 0.05) is 29.3 Å². The number of aryl methyl sites for hydroxylation is 1. The number of aromatic hydroxyl groups is 1. The molecular formula is C22H29NOS2. The standard InChI is InChI=1S/C22H29NOS2/c1-21(2,3)17-13-16(14-18(19(17)24)22(4,5)6)20(25)26-12-9-15-7-10-23-11-8-15/h7-8,10-11,13-14,24H,9,12H2,1-6H3. The summed E-state index contributed by atoms with van der Waals surface area (Å²) in [7, 11) is 0. The van der Waals surface area contributed by atoms with Crippen LogP contribution in [0.3, 0.4) is 0 Å². The second-order valence-corrected chi connectivity index (χ2v) is 10.4. The second-order valence-electron chi connectivity index (χ2n) is 8.66. The van der Waals surface area contributed by atoms with E-state index in [0.29, 0.717) is 5.75 Å². The fraction of sp³-hybridized carbons (Fsp3) is 0.455. The summed E-state index contributed by atoms with van der Waals surface area (Å²) in [5.41, 5.74) is 3.93. The Hall–Kier alpha value is -1.39. The summed E-state index contributed by atoms with van der Waals surface area (Å²) in [4.78, 5) is 4.05. The Labute approximate surface area is 167 Å². The Morgan fingerprint density at radius 1 is 1.00 bits per heavy atom. The van der Waals surface area contributed by atoms with Gasteiger partial charge < -0.3 is 5.11 Å². The predicted molar refractivity (Wildman–Crippen MR) is 118 cm³/mol. The molecular weight excluding hydrogens is 358 g/mol. The Balaban J connectivity index is 2.26. The van der Waals surface area contributed by atoms with Crippen LogP contribution in [0.25, 0.3) is 0 Å². The average Bonchev–Trinajstić information content (AvgIpc) is 2.53. The molecule has 0 saturated carbocycles. The van der Waals surface area contributed by atoms with Gasteiger partial charge in [0.2, 0.25) is 0 Å². The fourth-order valence-corrected chi connectivity index (χ4v) is 3.97. The number of benzene rings is 1. The van der Waals surface area contributed by atoms with Crippen LogP contribution in [0, 0.1) is 0 Å². The first-order valence-corrected chi connectivity index (χ1v) is 10.3. The molecule has 140 valence electrons. The summed E-state index contributed by atoms with van der Waals surface area (Å²) in [5.74, 6) is 1.33. The minimum absolute atomic E-state index is 0.141. The van der Waals surface area contributed by atoms with Crippen LogP contribution in [0.15, 0.2) is 36.7 Å². The predicted octanol–water partition coefficient (Wildman–Crippen LogP) is 6.03. The van der Waals surface area contributed by atoms with Gasteiger partial charge in [0.15, 0.2) is 0 Å². The van der Waals surface area contributed by atoms with Gasteiger partial charge in [-0.1, -0.05) is 53.8 Å². The molecule has 0 bridgehead atoms. The number of pyridine rings is 1. The molecule has 0 amide bonds. The number of phenolic OH excluding ortho intramolecular Hbond substituents is 1.